The third-order valence-electron chi connectivity index (χ3n) is 4.51. The monoisotopic (exact) mass is 375 g/mol. The number of anilines is 1. The van der Waals surface area contributed by atoms with Crippen LogP contribution in [0.3, 0.4) is 0 Å². The largest absolute Gasteiger partial charge is 0.459 e. The first-order valence-electron chi connectivity index (χ1n) is 8.65. The number of piperazine rings is 1. The number of carbonyl (C=O) groups excluding carboxylic acids is 2. The van der Waals surface area contributed by atoms with Crippen molar-refractivity contribution in [3.8, 4) is 0 Å². The maximum absolute atomic E-state index is 12.3. The van der Waals surface area contributed by atoms with Gasteiger partial charge in [0.2, 0.25) is 5.91 Å². The van der Waals surface area contributed by atoms with Gasteiger partial charge in [0, 0.05) is 49.9 Å². The summed E-state index contributed by atoms with van der Waals surface area (Å²) >= 11 is 6.10. The van der Waals surface area contributed by atoms with Crippen molar-refractivity contribution >= 4 is 29.1 Å². The molecule has 26 heavy (non-hydrogen) atoms. The highest BCUT2D eigenvalue weighted by Crippen LogP contribution is 2.25. The second-order valence-corrected chi connectivity index (χ2v) is 6.72. The van der Waals surface area contributed by atoms with E-state index < -0.39 is 0 Å². The van der Waals surface area contributed by atoms with E-state index in [-0.39, 0.29) is 24.0 Å². The second-order valence-electron chi connectivity index (χ2n) is 6.28. The van der Waals surface area contributed by atoms with Crippen LogP contribution in [-0.4, -0.2) is 49.4 Å². The molecule has 7 heteroatoms. The summed E-state index contributed by atoms with van der Waals surface area (Å²) in [6, 6.07) is 9.11. The van der Waals surface area contributed by atoms with Crippen molar-refractivity contribution in [2.75, 3.05) is 37.6 Å². The summed E-state index contributed by atoms with van der Waals surface area (Å²) < 4.78 is 5.02. The van der Waals surface area contributed by atoms with Gasteiger partial charge in [-0.2, -0.15) is 0 Å². The molecule has 1 aromatic heterocycles. The van der Waals surface area contributed by atoms with Crippen LogP contribution in [0.25, 0.3) is 0 Å². The van der Waals surface area contributed by atoms with Gasteiger partial charge < -0.3 is 19.5 Å². The Bertz CT molecular complexity index is 768. The summed E-state index contributed by atoms with van der Waals surface area (Å²) in [4.78, 5) is 28.2. The van der Waals surface area contributed by atoms with Gasteiger partial charge in [0.15, 0.2) is 5.76 Å². The maximum Gasteiger partial charge on any atom is 0.286 e. The van der Waals surface area contributed by atoms with E-state index in [4.69, 9.17) is 16.0 Å². The topological polar surface area (TPSA) is 65.8 Å². The van der Waals surface area contributed by atoms with Crippen molar-refractivity contribution in [1.82, 2.24) is 10.2 Å². The lowest BCUT2D eigenvalue weighted by Gasteiger charge is -2.37. The molecule has 0 bridgehead atoms. The van der Waals surface area contributed by atoms with Crippen LogP contribution in [0.15, 0.2) is 41.0 Å². The van der Waals surface area contributed by atoms with Gasteiger partial charge in [-0.15, -0.1) is 0 Å². The Morgan fingerprint density at radius 2 is 1.96 bits per heavy atom. The number of aryl methyl sites for hydroxylation is 1. The lowest BCUT2D eigenvalue weighted by molar-refractivity contribution is -0.131. The molecule has 0 unspecified atom stereocenters. The molecule has 6 nitrogen and oxygen atoms in total. The van der Waals surface area contributed by atoms with Crippen LogP contribution in [0.1, 0.15) is 22.5 Å². The van der Waals surface area contributed by atoms with Crippen LogP contribution < -0.4 is 10.2 Å². The molecule has 1 aliphatic heterocycles. The summed E-state index contributed by atoms with van der Waals surface area (Å²) in [6.07, 6.45) is 1.73. The Morgan fingerprint density at radius 3 is 2.65 bits per heavy atom. The average Bonchev–Trinajstić information content (AvgIpc) is 3.18. The predicted octanol–water partition coefficient (Wildman–Crippen LogP) is 2.71. The highest BCUT2D eigenvalue weighted by molar-refractivity contribution is 6.30. The van der Waals surface area contributed by atoms with Crippen molar-refractivity contribution in [1.29, 1.82) is 0 Å². The van der Waals surface area contributed by atoms with Crippen LogP contribution in [-0.2, 0) is 4.79 Å². The van der Waals surface area contributed by atoms with E-state index in [1.165, 1.54) is 11.8 Å². The Hall–Kier alpha value is -2.47. The number of carbonyl (C=O) groups is 2. The van der Waals surface area contributed by atoms with Crippen molar-refractivity contribution in [2.24, 2.45) is 0 Å². The zero-order valence-corrected chi connectivity index (χ0v) is 15.5. The number of benzene rings is 1. The van der Waals surface area contributed by atoms with Gasteiger partial charge >= 0.3 is 0 Å². The second kappa shape index (κ2) is 8.27. The van der Waals surface area contributed by atoms with Crippen molar-refractivity contribution in [3.63, 3.8) is 0 Å². The van der Waals surface area contributed by atoms with Gasteiger partial charge in [0.25, 0.3) is 5.91 Å². The van der Waals surface area contributed by atoms with Crippen LogP contribution in [0.2, 0.25) is 5.02 Å². The van der Waals surface area contributed by atoms with Gasteiger partial charge in [0.05, 0.1) is 6.26 Å². The molecule has 2 amide bonds. The Balaban J connectivity index is 1.45. The summed E-state index contributed by atoms with van der Waals surface area (Å²) in [5.74, 6) is -0.000725. The first-order chi connectivity index (χ1) is 12.5. The van der Waals surface area contributed by atoms with Crippen LogP contribution in [0.5, 0.6) is 0 Å². The van der Waals surface area contributed by atoms with Gasteiger partial charge in [0.1, 0.15) is 0 Å². The number of nitrogens with zero attached hydrogens (tertiary/aromatic N) is 2. The normalized spacial score (nSPS) is 14.4. The summed E-state index contributed by atoms with van der Waals surface area (Å²) in [5.41, 5.74) is 2.30. The van der Waals surface area contributed by atoms with Crippen LogP contribution in [0, 0.1) is 6.92 Å². The Labute approximate surface area is 157 Å². The molecule has 2 heterocycles. The quantitative estimate of drug-likeness (QED) is 0.872. The number of furan rings is 1. The molecule has 1 N–H and O–H groups in total. The fraction of sp³-hybridized carbons (Fsp3) is 0.368. The highest BCUT2D eigenvalue weighted by Gasteiger charge is 2.22. The third-order valence-corrected chi connectivity index (χ3v) is 4.75. The number of hydrogen-bond donors (Lipinski definition) is 1. The fourth-order valence-corrected chi connectivity index (χ4v) is 3.22. The van der Waals surface area contributed by atoms with E-state index in [2.05, 4.69) is 17.1 Å². The lowest BCUT2D eigenvalue weighted by Crippen LogP contribution is -2.49. The van der Waals surface area contributed by atoms with Crippen LogP contribution >= 0.6 is 11.6 Å². The van der Waals surface area contributed by atoms with Gasteiger partial charge in [-0.1, -0.05) is 17.7 Å². The van der Waals surface area contributed by atoms with E-state index in [0.29, 0.717) is 19.6 Å². The molecule has 1 fully saturated rings. The zero-order valence-electron chi connectivity index (χ0n) is 14.7. The minimum atomic E-state index is -0.302. The number of amides is 2. The molecule has 0 spiro atoms. The molecule has 0 aliphatic carbocycles. The van der Waals surface area contributed by atoms with E-state index in [1.807, 2.05) is 23.1 Å². The first-order valence-corrected chi connectivity index (χ1v) is 9.03. The van der Waals surface area contributed by atoms with Crippen LogP contribution in [0.4, 0.5) is 5.69 Å². The molecule has 2 aromatic rings. The number of nitrogens with one attached hydrogen (secondary N) is 1. The molecule has 1 saturated heterocycles. The molecule has 1 aromatic carbocycles. The van der Waals surface area contributed by atoms with Gasteiger partial charge in [-0.25, -0.2) is 0 Å². The third kappa shape index (κ3) is 4.38. The molecule has 1 aliphatic rings. The zero-order chi connectivity index (χ0) is 18.5. The molecule has 3 rings (SSSR count). The minimum absolute atomic E-state index is 0.0483. The van der Waals surface area contributed by atoms with Gasteiger partial charge in [-0.05, 0) is 36.8 Å². The van der Waals surface area contributed by atoms with Crippen molar-refractivity contribution < 1.29 is 14.0 Å². The number of hydrogen-bond acceptors (Lipinski definition) is 4. The minimum Gasteiger partial charge on any atom is -0.459 e. The lowest BCUT2D eigenvalue weighted by atomic mass is 10.1. The highest BCUT2D eigenvalue weighted by atomic mass is 35.5. The SMILES string of the molecule is Cc1ccc(Cl)cc1N1CCN(C(=O)CCNC(=O)c2ccco2)CC1. The van der Waals surface area contributed by atoms with E-state index in [1.54, 1.807) is 12.1 Å². The van der Waals surface area contributed by atoms with Crippen molar-refractivity contribution in [3.05, 3.63) is 52.9 Å². The Morgan fingerprint density at radius 1 is 1.19 bits per heavy atom. The summed E-state index contributed by atoms with van der Waals surface area (Å²) in [7, 11) is 0. The summed E-state index contributed by atoms with van der Waals surface area (Å²) in [6.45, 7) is 5.22. The number of rotatable bonds is 5. The molecular weight excluding hydrogens is 354 g/mol. The van der Waals surface area contributed by atoms with Gasteiger partial charge in [-0.3, -0.25) is 9.59 Å². The average molecular weight is 376 g/mol. The Kier molecular flexibility index (Phi) is 5.83. The van der Waals surface area contributed by atoms with E-state index >= 15 is 0 Å². The summed E-state index contributed by atoms with van der Waals surface area (Å²) in [5, 5.41) is 3.42. The first kappa shape index (κ1) is 18.3. The predicted molar refractivity (Wildman–Crippen MR) is 101 cm³/mol. The maximum atomic E-state index is 12.3. The van der Waals surface area contributed by atoms with E-state index in [0.717, 1.165) is 23.8 Å². The van der Waals surface area contributed by atoms with Crippen molar-refractivity contribution in [2.45, 2.75) is 13.3 Å². The molecular formula is C19H22ClN3O3. The number of halogens is 1. The molecule has 0 saturated carbocycles. The standard InChI is InChI=1S/C19H22ClN3O3/c1-14-4-5-15(20)13-16(14)22-8-10-23(11-9-22)18(24)6-7-21-19(25)17-3-2-12-26-17/h2-5,12-13H,6-11H2,1H3,(H,21,25). The molecule has 0 radical (unpaired) electrons. The smallest absolute Gasteiger partial charge is 0.286 e. The molecule has 138 valence electrons. The fourth-order valence-electron chi connectivity index (χ4n) is 3.06. The molecule has 0 atom stereocenters. The van der Waals surface area contributed by atoms with E-state index in [9.17, 15) is 9.59 Å².